The van der Waals surface area contributed by atoms with Crippen molar-refractivity contribution in [1.29, 1.82) is 0 Å². The molecular formula is C26H31N5O2. The Kier molecular flexibility index (Phi) is 7.87. The van der Waals surface area contributed by atoms with Crippen LogP contribution >= 0.6 is 0 Å². The van der Waals surface area contributed by atoms with Crippen LogP contribution in [0.25, 0.3) is 0 Å². The molecule has 2 N–H and O–H groups in total. The van der Waals surface area contributed by atoms with Crippen LogP contribution in [0, 0.1) is 5.92 Å². The minimum atomic E-state index is -0.107. The zero-order valence-corrected chi connectivity index (χ0v) is 18.8. The highest BCUT2D eigenvalue weighted by Gasteiger charge is 2.20. The summed E-state index contributed by atoms with van der Waals surface area (Å²) in [5, 5.41) is 5.96. The molecule has 0 spiro atoms. The molecule has 0 radical (unpaired) electrons. The molecule has 1 atom stereocenters. The number of aryl methyl sites for hydroxylation is 1. The topological polar surface area (TPSA) is 79.3 Å². The van der Waals surface area contributed by atoms with E-state index in [1.165, 1.54) is 5.56 Å². The van der Waals surface area contributed by atoms with Gasteiger partial charge in [-0.2, -0.15) is 0 Å². The summed E-state index contributed by atoms with van der Waals surface area (Å²) in [6, 6.07) is 17.6. The van der Waals surface area contributed by atoms with Crippen molar-refractivity contribution >= 4 is 17.5 Å². The summed E-state index contributed by atoms with van der Waals surface area (Å²) in [5.41, 5.74) is 2.51. The number of hydrogen-bond acceptors (Lipinski definition) is 4. The standard InChI is InChI=1S/C26H31N5O2/c32-25(11-14-30-15-12-27-20-30)29-24-10-4-9-23(16-24)26(33)28-17-22-8-5-13-31(19-22)18-21-6-2-1-3-7-21/h1-4,6-7,9-10,12,15-16,20,22H,5,8,11,13-14,17-19H2,(H,28,33)(H,29,32). The molecule has 0 aliphatic carbocycles. The Morgan fingerprint density at radius 1 is 1.09 bits per heavy atom. The summed E-state index contributed by atoms with van der Waals surface area (Å²) in [5.74, 6) is 0.240. The molecule has 7 nitrogen and oxygen atoms in total. The molecule has 172 valence electrons. The zero-order valence-electron chi connectivity index (χ0n) is 18.8. The second-order valence-corrected chi connectivity index (χ2v) is 8.62. The number of hydrogen-bond donors (Lipinski definition) is 2. The quantitative estimate of drug-likeness (QED) is 0.528. The van der Waals surface area contributed by atoms with E-state index in [-0.39, 0.29) is 11.8 Å². The van der Waals surface area contributed by atoms with Gasteiger partial charge in [-0.25, -0.2) is 4.98 Å². The molecule has 2 amide bonds. The number of aromatic nitrogens is 2. The lowest BCUT2D eigenvalue weighted by Gasteiger charge is -2.32. The highest BCUT2D eigenvalue weighted by Crippen LogP contribution is 2.18. The third-order valence-electron chi connectivity index (χ3n) is 5.97. The fourth-order valence-electron chi connectivity index (χ4n) is 4.25. The third kappa shape index (κ3) is 7.02. The minimum Gasteiger partial charge on any atom is -0.352 e. The molecule has 1 aromatic heterocycles. The van der Waals surface area contributed by atoms with Crippen molar-refractivity contribution in [3.8, 4) is 0 Å². The summed E-state index contributed by atoms with van der Waals surface area (Å²) >= 11 is 0. The number of benzene rings is 2. The maximum absolute atomic E-state index is 12.7. The van der Waals surface area contributed by atoms with Gasteiger partial charge in [0, 0.05) is 56.2 Å². The Balaban J connectivity index is 1.24. The van der Waals surface area contributed by atoms with Crippen LogP contribution in [-0.4, -0.2) is 45.9 Å². The molecule has 1 saturated heterocycles. The van der Waals surface area contributed by atoms with Crippen LogP contribution in [0.4, 0.5) is 5.69 Å². The Labute approximate surface area is 194 Å². The predicted octanol–water partition coefficient (Wildman–Crippen LogP) is 3.55. The maximum Gasteiger partial charge on any atom is 0.251 e. The lowest BCUT2D eigenvalue weighted by Crippen LogP contribution is -2.40. The van der Waals surface area contributed by atoms with Crippen molar-refractivity contribution in [2.45, 2.75) is 32.4 Å². The molecule has 1 aliphatic heterocycles. The molecular weight excluding hydrogens is 414 g/mol. The van der Waals surface area contributed by atoms with Gasteiger partial charge in [0.2, 0.25) is 5.91 Å². The van der Waals surface area contributed by atoms with Crippen LogP contribution in [0.5, 0.6) is 0 Å². The van der Waals surface area contributed by atoms with E-state index in [0.29, 0.717) is 36.7 Å². The number of carbonyl (C=O) groups excluding carboxylic acids is 2. The summed E-state index contributed by atoms with van der Waals surface area (Å²) in [6.07, 6.45) is 7.81. The summed E-state index contributed by atoms with van der Waals surface area (Å²) in [4.78, 5) is 31.4. The smallest absolute Gasteiger partial charge is 0.251 e. The number of piperidine rings is 1. The van der Waals surface area contributed by atoms with Crippen LogP contribution in [0.2, 0.25) is 0 Å². The van der Waals surface area contributed by atoms with Crippen LogP contribution in [0.1, 0.15) is 35.2 Å². The van der Waals surface area contributed by atoms with Gasteiger partial charge in [-0.1, -0.05) is 36.4 Å². The van der Waals surface area contributed by atoms with Gasteiger partial charge in [0.25, 0.3) is 5.91 Å². The van der Waals surface area contributed by atoms with Gasteiger partial charge in [-0.3, -0.25) is 14.5 Å². The number of nitrogens with one attached hydrogen (secondary N) is 2. The monoisotopic (exact) mass is 445 g/mol. The number of anilines is 1. The van der Waals surface area contributed by atoms with Gasteiger partial charge in [0.05, 0.1) is 6.33 Å². The Hall–Kier alpha value is -3.45. The van der Waals surface area contributed by atoms with Crippen LogP contribution in [0.3, 0.4) is 0 Å². The first kappa shape index (κ1) is 22.7. The van der Waals surface area contributed by atoms with E-state index in [2.05, 4.69) is 44.8 Å². The molecule has 33 heavy (non-hydrogen) atoms. The SMILES string of the molecule is O=C(CCn1ccnc1)Nc1cccc(C(=O)NCC2CCCN(Cc3ccccc3)C2)c1. The summed E-state index contributed by atoms with van der Waals surface area (Å²) in [7, 11) is 0. The van der Waals surface area contributed by atoms with E-state index in [1.807, 2.05) is 16.8 Å². The average Bonchev–Trinajstić information content (AvgIpc) is 3.36. The number of likely N-dealkylation sites (tertiary alicyclic amines) is 1. The number of rotatable bonds is 9. The Bertz CT molecular complexity index is 1040. The van der Waals surface area contributed by atoms with Gasteiger partial charge >= 0.3 is 0 Å². The van der Waals surface area contributed by atoms with E-state index in [4.69, 9.17) is 0 Å². The lowest BCUT2D eigenvalue weighted by atomic mass is 9.97. The van der Waals surface area contributed by atoms with Gasteiger partial charge in [0.1, 0.15) is 0 Å². The Morgan fingerprint density at radius 2 is 1.97 bits per heavy atom. The number of amides is 2. The van der Waals surface area contributed by atoms with Crippen molar-refractivity contribution in [1.82, 2.24) is 19.8 Å². The molecule has 3 aromatic rings. The summed E-state index contributed by atoms with van der Waals surface area (Å²) < 4.78 is 1.86. The van der Waals surface area contributed by atoms with Crippen molar-refractivity contribution in [2.24, 2.45) is 5.92 Å². The number of imidazole rings is 1. The second kappa shape index (κ2) is 11.4. The fourth-order valence-corrected chi connectivity index (χ4v) is 4.25. The summed E-state index contributed by atoms with van der Waals surface area (Å²) in [6.45, 7) is 4.26. The van der Waals surface area contributed by atoms with Crippen LogP contribution in [-0.2, 0) is 17.9 Å². The first-order chi connectivity index (χ1) is 16.2. The molecule has 0 bridgehead atoms. The second-order valence-electron chi connectivity index (χ2n) is 8.62. The fraction of sp³-hybridized carbons (Fsp3) is 0.346. The molecule has 0 saturated carbocycles. The van der Waals surface area contributed by atoms with Crippen LogP contribution < -0.4 is 10.6 Å². The van der Waals surface area contributed by atoms with Crippen LogP contribution in [0.15, 0.2) is 73.3 Å². The van der Waals surface area contributed by atoms with Crippen molar-refractivity contribution in [3.63, 3.8) is 0 Å². The van der Waals surface area contributed by atoms with Crippen molar-refractivity contribution in [3.05, 3.63) is 84.4 Å². The predicted molar refractivity (Wildman–Crippen MR) is 129 cm³/mol. The highest BCUT2D eigenvalue weighted by atomic mass is 16.2. The van der Waals surface area contributed by atoms with Gasteiger partial charge in [-0.15, -0.1) is 0 Å². The molecule has 1 unspecified atom stereocenters. The molecule has 1 aliphatic rings. The number of nitrogens with zero attached hydrogens (tertiary/aromatic N) is 3. The molecule has 1 fully saturated rings. The number of carbonyl (C=O) groups is 2. The first-order valence-electron chi connectivity index (χ1n) is 11.6. The average molecular weight is 446 g/mol. The van der Waals surface area contributed by atoms with Crippen molar-refractivity contribution in [2.75, 3.05) is 25.0 Å². The van der Waals surface area contributed by atoms with E-state index in [1.54, 1.807) is 36.8 Å². The van der Waals surface area contributed by atoms with Gasteiger partial charge in [0.15, 0.2) is 0 Å². The third-order valence-corrected chi connectivity index (χ3v) is 5.97. The van der Waals surface area contributed by atoms with E-state index in [0.717, 1.165) is 32.5 Å². The Morgan fingerprint density at radius 3 is 2.79 bits per heavy atom. The van der Waals surface area contributed by atoms with E-state index < -0.39 is 0 Å². The van der Waals surface area contributed by atoms with E-state index in [9.17, 15) is 9.59 Å². The van der Waals surface area contributed by atoms with Gasteiger partial charge in [-0.05, 0) is 49.1 Å². The molecule has 4 rings (SSSR count). The first-order valence-corrected chi connectivity index (χ1v) is 11.6. The molecule has 2 aromatic carbocycles. The van der Waals surface area contributed by atoms with Gasteiger partial charge < -0.3 is 15.2 Å². The lowest BCUT2D eigenvalue weighted by molar-refractivity contribution is -0.116. The van der Waals surface area contributed by atoms with Crippen molar-refractivity contribution < 1.29 is 9.59 Å². The largest absolute Gasteiger partial charge is 0.352 e. The molecule has 7 heteroatoms. The molecule has 2 heterocycles. The normalized spacial score (nSPS) is 16.3. The minimum absolute atomic E-state index is 0.0954. The maximum atomic E-state index is 12.7. The zero-order chi connectivity index (χ0) is 22.9. The van der Waals surface area contributed by atoms with E-state index >= 15 is 0 Å². The highest BCUT2D eigenvalue weighted by molar-refractivity contribution is 5.97.